The minimum absolute atomic E-state index is 0.0130. The summed E-state index contributed by atoms with van der Waals surface area (Å²) in [7, 11) is -1.15. The zero-order valence-electron chi connectivity index (χ0n) is 24.4. The number of carbonyl (C=O) groups excluding carboxylic acids is 1. The van der Waals surface area contributed by atoms with E-state index in [9.17, 15) is 4.79 Å². The average Bonchev–Trinajstić information content (AvgIpc) is 3.34. The van der Waals surface area contributed by atoms with E-state index in [1.54, 1.807) is 4.68 Å². The number of hydrogen-bond acceptors (Lipinski definition) is 8. The summed E-state index contributed by atoms with van der Waals surface area (Å²) in [5, 5.41) is 4.64. The van der Waals surface area contributed by atoms with Gasteiger partial charge in [-0.25, -0.2) is 4.98 Å². The van der Waals surface area contributed by atoms with E-state index >= 15 is 0 Å². The van der Waals surface area contributed by atoms with E-state index in [0.717, 1.165) is 48.4 Å². The van der Waals surface area contributed by atoms with Crippen LogP contribution in [-0.2, 0) is 21.0 Å². The molecule has 9 nitrogen and oxygen atoms in total. The maximum absolute atomic E-state index is 12.0. The minimum Gasteiger partial charge on any atom is -0.474 e. The van der Waals surface area contributed by atoms with Crippen LogP contribution in [0.5, 0.6) is 11.9 Å². The van der Waals surface area contributed by atoms with Gasteiger partial charge in [0.25, 0.3) is 0 Å². The number of pyridine rings is 1. The molecule has 1 aromatic carbocycles. The van der Waals surface area contributed by atoms with Gasteiger partial charge in [-0.3, -0.25) is 4.79 Å². The van der Waals surface area contributed by atoms with Gasteiger partial charge in [0, 0.05) is 38.1 Å². The number of hydrogen-bond donors (Lipinski definition) is 0. The number of nitrogens with zero attached hydrogens (tertiary/aromatic N) is 4. The Morgan fingerprint density at radius 3 is 2.27 bits per heavy atom. The van der Waals surface area contributed by atoms with Crippen molar-refractivity contribution in [3.05, 3.63) is 42.6 Å². The van der Waals surface area contributed by atoms with Crippen LogP contribution >= 0.6 is 0 Å². The number of esters is 1. The van der Waals surface area contributed by atoms with E-state index in [1.165, 1.54) is 0 Å². The first-order valence-corrected chi connectivity index (χ1v) is 18.0. The Morgan fingerprint density at radius 1 is 0.950 bits per heavy atom. The molecule has 2 heterocycles. The normalized spacial score (nSPS) is 17.4. The molecule has 0 spiro atoms. The number of rotatable bonds is 13. The second kappa shape index (κ2) is 13.9. The Balaban J connectivity index is 1.34. The third-order valence-corrected chi connectivity index (χ3v) is 8.62. The highest BCUT2D eigenvalue weighted by Crippen LogP contribution is 2.29. The molecule has 4 rings (SSSR count). The maximum atomic E-state index is 12.0. The molecule has 1 fully saturated rings. The van der Waals surface area contributed by atoms with E-state index in [1.807, 2.05) is 56.4 Å². The van der Waals surface area contributed by atoms with E-state index in [0.29, 0.717) is 44.3 Å². The molecule has 216 valence electrons. The van der Waals surface area contributed by atoms with Gasteiger partial charge in [0.05, 0.1) is 19.1 Å². The SMILES string of the molecule is CCOc1nc(-c2ccc(-c3ccc(O[C@H]4CC[C@@H](C(=O)OCC)CC4)nc3)cc2)nn1COCC[Si](C)(C)C. The summed E-state index contributed by atoms with van der Waals surface area (Å²) in [6.45, 7) is 12.7. The van der Waals surface area contributed by atoms with Gasteiger partial charge in [-0.1, -0.05) is 43.9 Å². The van der Waals surface area contributed by atoms with Crippen molar-refractivity contribution in [2.24, 2.45) is 5.92 Å². The average molecular weight is 567 g/mol. The van der Waals surface area contributed by atoms with Crippen molar-refractivity contribution in [2.45, 2.75) is 78.1 Å². The minimum atomic E-state index is -1.15. The molecule has 2 aromatic heterocycles. The first kappa shape index (κ1) is 29.7. The predicted octanol–water partition coefficient (Wildman–Crippen LogP) is 6.22. The molecule has 0 N–H and O–H groups in total. The van der Waals surface area contributed by atoms with Crippen LogP contribution in [-0.4, -0.2) is 59.7 Å². The molecule has 1 saturated carbocycles. The van der Waals surface area contributed by atoms with Crippen molar-refractivity contribution in [2.75, 3.05) is 19.8 Å². The van der Waals surface area contributed by atoms with Gasteiger partial charge in [-0.05, 0) is 57.2 Å². The molecule has 1 aliphatic rings. The van der Waals surface area contributed by atoms with E-state index in [4.69, 9.17) is 18.9 Å². The van der Waals surface area contributed by atoms with Gasteiger partial charge < -0.3 is 18.9 Å². The molecular weight excluding hydrogens is 524 g/mol. The van der Waals surface area contributed by atoms with Crippen LogP contribution in [0.3, 0.4) is 0 Å². The largest absolute Gasteiger partial charge is 0.474 e. The number of ether oxygens (including phenoxy) is 4. The summed E-state index contributed by atoms with van der Waals surface area (Å²) in [6.07, 6.45) is 5.13. The maximum Gasteiger partial charge on any atom is 0.317 e. The number of carbonyl (C=O) groups is 1. The van der Waals surface area contributed by atoms with Crippen LogP contribution in [0, 0.1) is 5.92 Å². The quantitative estimate of drug-likeness (QED) is 0.137. The molecule has 0 atom stereocenters. The van der Waals surface area contributed by atoms with Crippen LogP contribution in [0.15, 0.2) is 42.6 Å². The highest BCUT2D eigenvalue weighted by atomic mass is 28.3. The smallest absolute Gasteiger partial charge is 0.317 e. The molecule has 0 radical (unpaired) electrons. The molecular formula is C30H42N4O5Si. The lowest BCUT2D eigenvalue weighted by Crippen LogP contribution is -2.29. The van der Waals surface area contributed by atoms with Gasteiger partial charge in [0.1, 0.15) is 12.8 Å². The van der Waals surface area contributed by atoms with Crippen LogP contribution < -0.4 is 9.47 Å². The topological polar surface area (TPSA) is 97.6 Å². The van der Waals surface area contributed by atoms with Crippen molar-refractivity contribution < 1.29 is 23.7 Å². The van der Waals surface area contributed by atoms with Gasteiger partial charge in [0.2, 0.25) is 5.88 Å². The fourth-order valence-corrected chi connectivity index (χ4v) is 5.34. The molecule has 0 bridgehead atoms. The fourth-order valence-electron chi connectivity index (χ4n) is 4.58. The van der Waals surface area contributed by atoms with Gasteiger partial charge >= 0.3 is 12.0 Å². The van der Waals surface area contributed by atoms with E-state index in [2.05, 4.69) is 34.7 Å². The zero-order chi connectivity index (χ0) is 28.5. The summed E-state index contributed by atoms with van der Waals surface area (Å²) in [5.74, 6) is 1.10. The second-order valence-electron chi connectivity index (χ2n) is 11.3. The second-order valence-corrected chi connectivity index (χ2v) is 16.9. The fraction of sp³-hybridized carbons (Fsp3) is 0.533. The molecule has 1 aliphatic carbocycles. The Bertz CT molecular complexity index is 1220. The number of benzene rings is 1. The van der Waals surface area contributed by atoms with Crippen molar-refractivity contribution in [1.82, 2.24) is 19.7 Å². The molecule has 0 aliphatic heterocycles. The lowest BCUT2D eigenvalue weighted by atomic mass is 9.87. The summed E-state index contributed by atoms with van der Waals surface area (Å²) < 4.78 is 24.5. The van der Waals surface area contributed by atoms with Crippen molar-refractivity contribution in [3.63, 3.8) is 0 Å². The molecule has 0 amide bonds. The van der Waals surface area contributed by atoms with Crippen LogP contribution in [0.4, 0.5) is 0 Å². The van der Waals surface area contributed by atoms with Crippen molar-refractivity contribution in [1.29, 1.82) is 0 Å². The van der Waals surface area contributed by atoms with Crippen molar-refractivity contribution in [3.8, 4) is 34.4 Å². The monoisotopic (exact) mass is 566 g/mol. The molecule has 0 saturated heterocycles. The Morgan fingerprint density at radius 2 is 1.65 bits per heavy atom. The highest BCUT2D eigenvalue weighted by molar-refractivity contribution is 6.76. The van der Waals surface area contributed by atoms with Gasteiger partial charge in [0.15, 0.2) is 5.82 Å². The lowest BCUT2D eigenvalue weighted by Gasteiger charge is -2.27. The molecule has 3 aromatic rings. The Kier molecular flexibility index (Phi) is 10.3. The number of aromatic nitrogens is 4. The third-order valence-electron chi connectivity index (χ3n) is 6.92. The molecule has 0 unspecified atom stereocenters. The van der Waals surface area contributed by atoms with Crippen LogP contribution in [0.25, 0.3) is 22.5 Å². The molecule has 10 heteroatoms. The van der Waals surface area contributed by atoms with E-state index < -0.39 is 8.07 Å². The first-order valence-electron chi connectivity index (χ1n) is 14.3. The summed E-state index contributed by atoms with van der Waals surface area (Å²) in [6, 6.07) is 13.6. The van der Waals surface area contributed by atoms with Crippen LogP contribution in [0.2, 0.25) is 25.7 Å². The predicted molar refractivity (Wildman–Crippen MR) is 157 cm³/mol. The van der Waals surface area contributed by atoms with Crippen molar-refractivity contribution >= 4 is 14.0 Å². The summed E-state index contributed by atoms with van der Waals surface area (Å²) in [4.78, 5) is 21.1. The standard InChI is InChI=1S/C30H42N4O5Si/c1-6-37-29(35)24-12-15-26(16-13-24)39-27-17-14-25(20-31-27)22-8-10-23(11-9-22)28-32-30(38-7-2)34(33-28)21-36-18-19-40(3,4)5/h8-11,14,17,20,24,26H,6-7,12-13,15-16,18-19,21H2,1-5H3/t24-,26+. The lowest BCUT2D eigenvalue weighted by molar-refractivity contribution is -0.149. The highest BCUT2D eigenvalue weighted by Gasteiger charge is 2.28. The van der Waals surface area contributed by atoms with Gasteiger partial charge in [-0.15, -0.1) is 5.10 Å². The zero-order valence-corrected chi connectivity index (χ0v) is 25.4. The molecule has 40 heavy (non-hydrogen) atoms. The van der Waals surface area contributed by atoms with Gasteiger partial charge in [-0.2, -0.15) is 9.67 Å². The Hall–Kier alpha value is -3.24. The van der Waals surface area contributed by atoms with E-state index in [-0.39, 0.29) is 18.0 Å². The van der Waals surface area contributed by atoms with Crippen LogP contribution in [0.1, 0.15) is 39.5 Å². The summed E-state index contributed by atoms with van der Waals surface area (Å²) >= 11 is 0. The summed E-state index contributed by atoms with van der Waals surface area (Å²) in [5.41, 5.74) is 2.93. The Labute approximate surface area is 238 Å². The first-order chi connectivity index (χ1) is 19.3. The third kappa shape index (κ3) is 8.38.